The van der Waals surface area contributed by atoms with Crippen molar-refractivity contribution in [2.45, 2.75) is 39.3 Å². The van der Waals surface area contributed by atoms with Crippen molar-refractivity contribution in [2.75, 3.05) is 5.32 Å². The van der Waals surface area contributed by atoms with Gasteiger partial charge in [-0.3, -0.25) is 0 Å². The number of anilines is 1. The Kier molecular flexibility index (Phi) is 4.46. The van der Waals surface area contributed by atoms with Crippen molar-refractivity contribution in [3.05, 3.63) is 65.2 Å². The molecule has 106 valence electrons. The van der Waals surface area contributed by atoms with Gasteiger partial charge in [0.25, 0.3) is 0 Å². The monoisotopic (exact) mass is 268 g/mol. The minimum atomic E-state index is 0.202. The third kappa shape index (κ3) is 3.84. The van der Waals surface area contributed by atoms with Crippen molar-refractivity contribution in [1.82, 2.24) is 0 Å². The molecule has 0 atom stereocenters. The number of nitrogens with one attached hydrogen (secondary N) is 1. The maximum atomic E-state index is 5.66. The average Bonchev–Trinajstić information content (AvgIpc) is 2.45. The van der Waals surface area contributed by atoms with Crippen LogP contribution >= 0.6 is 0 Å². The quantitative estimate of drug-likeness (QED) is 0.877. The first-order chi connectivity index (χ1) is 9.49. The first-order valence-electron chi connectivity index (χ1n) is 7.11. The molecular weight excluding hydrogens is 244 g/mol. The van der Waals surface area contributed by atoms with Crippen molar-refractivity contribution >= 4 is 5.69 Å². The summed E-state index contributed by atoms with van der Waals surface area (Å²) < 4.78 is 0. The summed E-state index contributed by atoms with van der Waals surface area (Å²) in [5.41, 5.74) is 10.8. The number of hydrogen-bond acceptors (Lipinski definition) is 2. The lowest BCUT2D eigenvalue weighted by atomic mass is 9.87. The van der Waals surface area contributed by atoms with Gasteiger partial charge in [-0.15, -0.1) is 0 Å². The Balaban J connectivity index is 2.00. The summed E-state index contributed by atoms with van der Waals surface area (Å²) in [5, 5.41) is 3.45. The zero-order valence-electron chi connectivity index (χ0n) is 12.6. The molecule has 0 saturated carbocycles. The average molecular weight is 268 g/mol. The van der Waals surface area contributed by atoms with Crippen LogP contribution in [0.4, 0.5) is 5.69 Å². The summed E-state index contributed by atoms with van der Waals surface area (Å²) in [6.45, 7) is 8.10. The van der Waals surface area contributed by atoms with Gasteiger partial charge in [-0.2, -0.15) is 0 Å². The highest BCUT2D eigenvalue weighted by Crippen LogP contribution is 2.23. The molecule has 0 amide bonds. The van der Waals surface area contributed by atoms with Crippen LogP contribution in [-0.2, 0) is 18.5 Å². The van der Waals surface area contributed by atoms with E-state index >= 15 is 0 Å². The van der Waals surface area contributed by atoms with E-state index in [1.807, 2.05) is 0 Å². The Labute approximate surface area is 122 Å². The maximum absolute atomic E-state index is 5.66. The molecule has 2 heteroatoms. The van der Waals surface area contributed by atoms with Crippen LogP contribution in [0.2, 0.25) is 0 Å². The predicted molar refractivity (Wildman–Crippen MR) is 86.8 cm³/mol. The summed E-state index contributed by atoms with van der Waals surface area (Å²) in [6.07, 6.45) is 0. The molecule has 0 bridgehead atoms. The topological polar surface area (TPSA) is 38.0 Å². The molecule has 0 aliphatic rings. The Hall–Kier alpha value is -1.80. The van der Waals surface area contributed by atoms with Gasteiger partial charge in [0.1, 0.15) is 0 Å². The largest absolute Gasteiger partial charge is 0.381 e. The normalized spacial score (nSPS) is 11.4. The molecule has 20 heavy (non-hydrogen) atoms. The second-order valence-corrected chi connectivity index (χ2v) is 6.20. The highest BCUT2D eigenvalue weighted by Gasteiger charge is 2.12. The molecule has 2 rings (SSSR count). The summed E-state index contributed by atoms with van der Waals surface area (Å²) >= 11 is 0. The fourth-order valence-corrected chi connectivity index (χ4v) is 2.16. The van der Waals surface area contributed by atoms with Crippen LogP contribution in [0.15, 0.2) is 48.5 Å². The summed E-state index contributed by atoms with van der Waals surface area (Å²) in [7, 11) is 0. The summed E-state index contributed by atoms with van der Waals surface area (Å²) in [4.78, 5) is 0. The molecule has 0 aromatic heterocycles. The van der Waals surface area contributed by atoms with Gasteiger partial charge in [-0.05, 0) is 34.2 Å². The van der Waals surface area contributed by atoms with Crippen LogP contribution in [0, 0.1) is 0 Å². The van der Waals surface area contributed by atoms with E-state index in [2.05, 4.69) is 74.6 Å². The second-order valence-electron chi connectivity index (χ2n) is 6.20. The van der Waals surface area contributed by atoms with Crippen LogP contribution in [0.25, 0.3) is 0 Å². The van der Waals surface area contributed by atoms with E-state index in [0.29, 0.717) is 6.54 Å². The second kappa shape index (κ2) is 6.10. The fraction of sp³-hybridized carbons (Fsp3) is 0.333. The molecule has 2 aromatic rings. The minimum Gasteiger partial charge on any atom is -0.381 e. The molecule has 0 aliphatic heterocycles. The number of benzene rings is 2. The van der Waals surface area contributed by atoms with Crippen LogP contribution in [0.1, 0.15) is 37.5 Å². The molecule has 2 aromatic carbocycles. The van der Waals surface area contributed by atoms with E-state index in [0.717, 1.165) is 12.2 Å². The lowest BCUT2D eigenvalue weighted by Crippen LogP contribution is -2.10. The standard InChI is InChI=1S/C18H24N2/c1-18(2,3)16-7-9-17(10-8-16)20-13-15-6-4-5-14(11-15)12-19/h4-11,20H,12-13,19H2,1-3H3. The third-order valence-corrected chi connectivity index (χ3v) is 3.47. The van der Waals surface area contributed by atoms with Gasteiger partial charge in [-0.1, -0.05) is 57.2 Å². The van der Waals surface area contributed by atoms with Crippen molar-refractivity contribution in [3.63, 3.8) is 0 Å². The number of nitrogens with two attached hydrogens (primary N) is 1. The summed E-state index contributed by atoms with van der Waals surface area (Å²) in [6, 6.07) is 17.1. The SMILES string of the molecule is CC(C)(C)c1ccc(NCc2cccc(CN)c2)cc1. The predicted octanol–water partition coefficient (Wildman–Crippen LogP) is 4.05. The number of hydrogen-bond donors (Lipinski definition) is 2. The highest BCUT2D eigenvalue weighted by atomic mass is 14.9. The Morgan fingerprint density at radius 2 is 1.60 bits per heavy atom. The lowest BCUT2D eigenvalue weighted by molar-refractivity contribution is 0.590. The van der Waals surface area contributed by atoms with Gasteiger partial charge in [0, 0.05) is 18.8 Å². The molecule has 0 aliphatic carbocycles. The highest BCUT2D eigenvalue weighted by molar-refractivity contribution is 5.46. The number of rotatable bonds is 4. The van der Waals surface area contributed by atoms with E-state index in [1.54, 1.807) is 0 Å². The molecule has 0 heterocycles. The molecule has 0 unspecified atom stereocenters. The molecular formula is C18H24N2. The van der Waals surface area contributed by atoms with Gasteiger partial charge < -0.3 is 11.1 Å². The van der Waals surface area contributed by atoms with Crippen LogP contribution < -0.4 is 11.1 Å². The van der Waals surface area contributed by atoms with E-state index in [9.17, 15) is 0 Å². The van der Waals surface area contributed by atoms with Gasteiger partial charge in [-0.25, -0.2) is 0 Å². The van der Waals surface area contributed by atoms with Gasteiger partial charge in [0.2, 0.25) is 0 Å². The smallest absolute Gasteiger partial charge is 0.0400 e. The fourth-order valence-electron chi connectivity index (χ4n) is 2.16. The lowest BCUT2D eigenvalue weighted by Gasteiger charge is -2.19. The van der Waals surface area contributed by atoms with E-state index in [1.165, 1.54) is 16.7 Å². The van der Waals surface area contributed by atoms with Crippen LogP contribution in [0.3, 0.4) is 0 Å². The zero-order chi connectivity index (χ0) is 14.6. The molecule has 2 nitrogen and oxygen atoms in total. The first kappa shape index (κ1) is 14.6. The van der Waals surface area contributed by atoms with E-state index in [4.69, 9.17) is 5.73 Å². The zero-order valence-corrected chi connectivity index (χ0v) is 12.6. The van der Waals surface area contributed by atoms with Crippen molar-refractivity contribution < 1.29 is 0 Å². The van der Waals surface area contributed by atoms with Gasteiger partial charge in [0.05, 0.1) is 0 Å². The Morgan fingerprint density at radius 1 is 0.950 bits per heavy atom. The van der Waals surface area contributed by atoms with E-state index < -0.39 is 0 Å². The van der Waals surface area contributed by atoms with Gasteiger partial charge >= 0.3 is 0 Å². The van der Waals surface area contributed by atoms with Crippen molar-refractivity contribution in [2.24, 2.45) is 5.73 Å². The summed E-state index contributed by atoms with van der Waals surface area (Å²) in [5.74, 6) is 0. The van der Waals surface area contributed by atoms with Crippen LogP contribution in [0.5, 0.6) is 0 Å². The Morgan fingerprint density at radius 3 is 2.20 bits per heavy atom. The first-order valence-corrected chi connectivity index (χ1v) is 7.11. The van der Waals surface area contributed by atoms with Gasteiger partial charge in [0.15, 0.2) is 0 Å². The molecule has 0 spiro atoms. The Bertz CT molecular complexity index is 550. The molecule has 0 radical (unpaired) electrons. The molecule has 3 N–H and O–H groups in total. The van der Waals surface area contributed by atoms with Crippen molar-refractivity contribution in [1.29, 1.82) is 0 Å². The maximum Gasteiger partial charge on any atom is 0.0400 e. The van der Waals surface area contributed by atoms with Crippen LogP contribution in [-0.4, -0.2) is 0 Å². The molecule has 0 fully saturated rings. The van der Waals surface area contributed by atoms with Crippen molar-refractivity contribution in [3.8, 4) is 0 Å². The molecule has 0 saturated heterocycles. The van der Waals surface area contributed by atoms with E-state index in [-0.39, 0.29) is 5.41 Å². The third-order valence-electron chi connectivity index (χ3n) is 3.47. The minimum absolute atomic E-state index is 0.202.